The Morgan fingerprint density at radius 1 is 0.780 bits per heavy atom. The van der Waals surface area contributed by atoms with Crippen molar-refractivity contribution in [2.24, 2.45) is 0 Å². The molecule has 4 aromatic carbocycles. The highest BCUT2D eigenvalue weighted by molar-refractivity contribution is 7.89. The zero-order valence-corrected chi connectivity index (χ0v) is 23.1. The fourth-order valence-electron chi connectivity index (χ4n) is 4.12. The number of rotatable bonds is 12. The molecule has 0 aromatic heterocycles. The van der Waals surface area contributed by atoms with Crippen LogP contribution in [-0.2, 0) is 40.4 Å². The molecule has 0 radical (unpaired) electrons. The quantitative estimate of drug-likeness (QED) is 0.185. The van der Waals surface area contributed by atoms with Crippen molar-refractivity contribution in [2.75, 3.05) is 20.3 Å². The van der Waals surface area contributed by atoms with Gasteiger partial charge >= 0.3 is 6.18 Å². The van der Waals surface area contributed by atoms with Crippen LogP contribution in [-0.4, -0.2) is 28.7 Å². The molecule has 0 aliphatic carbocycles. The van der Waals surface area contributed by atoms with Crippen LogP contribution in [0.15, 0.2) is 95.9 Å². The number of ether oxygens (including phenoxy) is 2. The average Bonchev–Trinajstić information content (AvgIpc) is 2.95. The average molecular weight is 588 g/mol. The standard InChI is InChI=1S/C31H29F4NO4S/c1-39-16-14-22-7-11-29(12-8-22)40-21-24-5-9-25(10-6-24)26-18-27(31(33,34)35)20-30(19-26)41(37,38)36-15-13-23-3-2-4-28(32)17-23/h2-12,17-20,36H,13-16,21H2,1H3. The van der Waals surface area contributed by atoms with Crippen molar-refractivity contribution in [3.05, 3.63) is 119 Å². The van der Waals surface area contributed by atoms with Crippen LogP contribution in [0.2, 0.25) is 0 Å². The number of nitrogens with one attached hydrogen (secondary N) is 1. The monoisotopic (exact) mass is 587 g/mol. The fraction of sp³-hybridized carbons (Fsp3) is 0.226. The summed E-state index contributed by atoms with van der Waals surface area (Å²) in [5.74, 6) is 0.214. The Morgan fingerprint density at radius 3 is 2.15 bits per heavy atom. The van der Waals surface area contributed by atoms with Gasteiger partial charge < -0.3 is 9.47 Å². The first-order chi connectivity index (χ1) is 19.5. The first-order valence-corrected chi connectivity index (χ1v) is 14.3. The number of methoxy groups -OCH3 is 1. The summed E-state index contributed by atoms with van der Waals surface area (Å²) < 4.78 is 93.5. The maximum absolute atomic E-state index is 13.7. The molecule has 216 valence electrons. The molecule has 0 bridgehead atoms. The number of benzene rings is 4. The number of alkyl halides is 3. The van der Waals surface area contributed by atoms with Crippen LogP contribution >= 0.6 is 0 Å². The van der Waals surface area contributed by atoms with Crippen LogP contribution in [0.3, 0.4) is 0 Å². The van der Waals surface area contributed by atoms with Crippen LogP contribution in [0.5, 0.6) is 5.75 Å². The molecule has 0 saturated heterocycles. The second-order valence-electron chi connectivity index (χ2n) is 9.39. The second-order valence-corrected chi connectivity index (χ2v) is 11.2. The van der Waals surface area contributed by atoms with Gasteiger partial charge in [0.25, 0.3) is 0 Å². The van der Waals surface area contributed by atoms with Crippen molar-refractivity contribution >= 4 is 10.0 Å². The zero-order valence-electron chi connectivity index (χ0n) is 22.2. The summed E-state index contributed by atoms with van der Waals surface area (Å²) in [5.41, 5.74) is 1.90. The molecule has 4 rings (SSSR count). The van der Waals surface area contributed by atoms with E-state index in [9.17, 15) is 26.0 Å². The molecule has 0 saturated carbocycles. The van der Waals surface area contributed by atoms with Gasteiger partial charge in [-0.25, -0.2) is 17.5 Å². The minimum absolute atomic E-state index is 0.101. The Labute approximate surface area is 236 Å². The molecule has 5 nitrogen and oxygen atoms in total. The lowest BCUT2D eigenvalue weighted by atomic mass is 10.0. The summed E-state index contributed by atoms with van der Waals surface area (Å²) in [4.78, 5) is -0.511. The molecular formula is C31H29F4NO4S. The lowest BCUT2D eigenvalue weighted by Gasteiger charge is -2.14. The summed E-state index contributed by atoms with van der Waals surface area (Å²) >= 11 is 0. The lowest BCUT2D eigenvalue weighted by molar-refractivity contribution is -0.137. The molecule has 4 aromatic rings. The lowest BCUT2D eigenvalue weighted by Crippen LogP contribution is -2.26. The number of halogens is 4. The molecule has 41 heavy (non-hydrogen) atoms. The number of hydrogen-bond donors (Lipinski definition) is 1. The van der Waals surface area contributed by atoms with Crippen LogP contribution in [0, 0.1) is 5.82 Å². The van der Waals surface area contributed by atoms with Crippen LogP contribution in [0.25, 0.3) is 11.1 Å². The maximum atomic E-state index is 13.7. The summed E-state index contributed by atoms with van der Waals surface area (Å²) in [5, 5.41) is 0. The molecule has 0 spiro atoms. The fourth-order valence-corrected chi connectivity index (χ4v) is 5.22. The van der Waals surface area contributed by atoms with E-state index in [2.05, 4.69) is 4.72 Å². The Morgan fingerprint density at radius 2 is 1.49 bits per heavy atom. The third kappa shape index (κ3) is 8.63. The summed E-state index contributed by atoms with van der Waals surface area (Å²) in [6.45, 7) is 0.760. The van der Waals surface area contributed by atoms with Gasteiger partial charge in [0.05, 0.1) is 17.1 Å². The molecule has 0 heterocycles. The van der Waals surface area contributed by atoms with E-state index in [-0.39, 0.29) is 25.1 Å². The molecule has 0 amide bonds. The second kappa shape index (κ2) is 13.3. The maximum Gasteiger partial charge on any atom is 0.416 e. The van der Waals surface area contributed by atoms with E-state index in [1.54, 1.807) is 37.4 Å². The SMILES string of the molecule is COCCc1ccc(OCc2ccc(-c3cc(C(F)(F)F)cc(S(=O)(=O)NCCc4cccc(F)c4)c3)cc2)cc1. The van der Waals surface area contributed by atoms with Crippen molar-refractivity contribution in [3.8, 4) is 16.9 Å². The van der Waals surface area contributed by atoms with Crippen molar-refractivity contribution < 1.29 is 35.5 Å². The Balaban J connectivity index is 1.48. The molecule has 0 atom stereocenters. The van der Waals surface area contributed by atoms with Gasteiger partial charge in [0, 0.05) is 13.7 Å². The van der Waals surface area contributed by atoms with Crippen molar-refractivity contribution in [1.29, 1.82) is 0 Å². The predicted octanol–water partition coefficient (Wildman–Crippen LogP) is 6.80. The van der Waals surface area contributed by atoms with E-state index >= 15 is 0 Å². The van der Waals surface area contributed by atoms with E-state index < -0.39 is 32.5 Å². The summed E-state index contributed by atoms with van der Waals surface area (Å²) in [6.07, 6.45) is -3.79. The smallest absolute Gasteiger partial charge is 0.416 e. The van der Waals surface area contributed by atoms with Gasteiger partial charge in [0.2, 0.25) is 10.0 Å². The van der Waals surface area contributed by atoms with Crippen molar-refractivity contribution in [3.63, 3.8) is 0 Å². The molecule has 0 aliphatic rings. The van der Waals surface area contributed by atoms with E-state index in [1.807, 2.05) is 24.3 Å². The van der Waals surface area contributed by atoms with E-state index in [0.29, 0.717) is 29.5 Å². The molecular weight excluding hydrogens is 558 g/mol. The van der Waals surface area contributed by atoms with Crippen LogP contribution in [0.1, 0.15) is 22.3 Å². The van der Waals surface area contributed by atoms with Crippen molar-refractivity contribution in [1.82, 2.24) is 4.72 Å². The van der Waals surface area contributed by atoms with Crippen LogP contribution in [0.4, 0.5) is 17.6 Å². The highest BCUT2D eigenvalue weighted by Gasteiger charge is 2.32. The van der Waals surface area contributed by atoms with Crippen LogP contribution < -0.4 is 9.46 Å². The minimum atomic E-state index is -4.76. The molecule has 0 unspecified atom stereocenters. The molecule has 1 N–H and O–H groups in total. The summed E-state index contributed by atoms with van der Waals surface area (Å²) in [6, 6.07) is 22.7. The largest absolute Gasteiger partial charge is 0.489 e. The third-order valence-electron chi connectivity index (χ3n) is 6.35. The van der Waals surface area contributed by atoms with E-state index in [0.717, 1.165) is 23.6 Å². The van der Waals surface area contributed by atoms with Gasteiger partial charge in [-0.1, -0.05) is 48.5 Å². The van der Waals surface area contributed by atoms with Gasteiger partial charge in [0.15, 0.2) is 0 Å². The molecule has 0 fully saturated rings. The van der Waals surface area contributed by atoms with Gasteiger partial charge in [-0.3, -0.25) is 0 Å². The highest BCUT2D eigenvalue weighted by atomic mass is 32.2. The zero-order chi connectivity index (χ0) is 29.5. The van der Waals surface area contributed by atoms with E-state index in [1.165, 1.54) is 24.3 Å². The minimum Gasteiger partial charge on any atom is -0.489 e. The van der Waals surface area contributed by atoms with Gasteiger partial charge in [-0.15, -0.1) is 0 Å². The predicted molar refractivity (Wildman–Crippen MR) is 149 cm³/mol. The van der Waals surface area contributed by atoms with Gasteiger partial charge in [-0.2, -0.15) is 13.2 Å². The Bertz CT molecular complexity index is 1550. The number of hydrogen-bond acceptors (Lipinski definition) is 4. The number of sulfonamides is 1. The highest BCUT2D eigenvalue weighted by Crippen LogP contribution is 2.35. The van der Waals surface area contributed by atoms with Gasteiger partial charge in [0.1, 0.15) is 18.2 Å². The first kappa shape index (κ1) is 30.2. The topological polar surface area (TPSA) is 64.6 Å². The van der Waals surface area contributed by atoms with E-state index in [4.69, 9.17) is 9.47 Å². The van der Waals surface area contributed by atoms with Crippen molar-refractivity contribution in [2.45, 2.75) is 30.5 Å². The summed E-state index contributed by atoms with van der Waals surface area (Å²) in [7, 11) is -2.63. The third-order valence-corrected chi connectivity index (χ3v) is 7.79. The van der Waals surface area contributed by atoms with Gasteiger partial charge in [-0.05, 0) is 83.1 Å². The normalized spacial score (nSPS) is 11.9. The Kier molecular flexibility index (Phi) is 9.80. The Hall–Kier alpha value is -3.73. The molecule has 0 aliphatic heterocycles. The molecule has 10 heteroatoms. The first-order valence-electron chi connectivity index (χ1n) is 12.8.